The van der Waals surface area contributed by atoms with Crippen molar-refractivity contribution in [3.05, 3.63) is 22.7 Å². The fraction of sp³-hybridized carbons (Fsp3) is 0.273. The van der Waals surface area contributed by atoms with Gasteiger partial charge in [-0.15, -0.1) is 0 Å². The molecule has 1 aliphatic rings. The van der Waals surface area contributed by atoms with E-state index < -0.39 is 11.9 Å². The lowest BCUT2D eigenvalue weighted by atomic mass is 10.1. The van der Waals surface area contributed by atoms with Gasteiger partial charge in [0.2, 0.25) is 5.91 Å². The number of phenolic OH excluding ortho intramolecular Hbond substituents is 1. The van der Waals surface area contributed by atoms with E-state index in [0.717, 1.165) is 0 Å². The highest BCUT2D eigenvalue weighted by molar-refractivity contribution is 9.10. The molecule has 90 valence electrons. The molecule has 0 aliphatic carbocycles. The Morgan fingerprint density at radius 3 is 2.71 bits per heavy atom. The van der Waals surface area contributed by atoms with Crippen LogP contribution in [0.1, 0.15) is 6.42 Å². The molecule has 0 spiro atoms. The molecule has 1 heterocycles. The Balaban J connectivity index is 2.29. The number of carboxylic acid groups (broad SMARTS) is 1. The molecule has 0 radical (unpaired) electrons. The Morgan fingerprint density at radius 2 is 2.18 bits per heavy atom. The number of carbonyl (C=O) groups is 2. The van der Waals surface area contributed by atoms with Crippen LogP contribution < -0.4 is 4.90 Å². The topological polar surface area (TPSA) is 77.8 Å². The van der Waals surface area contributed by atoms with Crippen LogP contribution >= 0.6 is 15.9 Å². The van der Waals surface area contributed by atoms with E-state index in [9.17, 15) is 14.7 Å². The molecule has 6 heteroatoms. The number of hydrogen-bond acceptors (Lipinski definition) is 3. The van der Waals surface area contributed by atoms with E-state index >= 15 is 0 Å². The summed E-state index contributed by atoms with van der Waals surface area (Å²) in [5.41, 5.74) is 0.349. The highest BCUT2D eigenvalue weighted by Gasteiger charge is 2.35. The molecule has 1 aromatic rings. The summed E-state index contributed by atoms with van der Waals surface area (Å²) >= 11 is 3.20. The van der Waals surface area contributed by atoms with Crippen LogP contribution in [0.15, 0.2) is 22.7 Å². The Kier molecular flexibility index (Phi) is 3.06. The largest absolute Gasteiger partial charge is 0.506 e. The summed E-state index contributed by atoms with van der Waals surface area (Å²) in [6.07, 6.45) is -0.0230. The predicted octanol–water partition coefficient (Wildman–Crippen LogP) is 1.59. The highest BCUT2D eigenvalue weighted by Crippen LogP contribution is 2.34. The van der Waals surface area contributed by atoms with Gasteiger partial charge in [0.05, 0.1) is 11.6 Å². The molecule has 2 rings (SSSR count). The van der Waals surface area contributed by atoms with Crippen molar-refractivity contribution in [3.8, 4) is 5.75 Å². The molecule has 1 amide bonds. The fourth-order valence-electron chi connectivity index (χ4n) is 1.83. The molecular weight excluding hydrogens is 290 g/mol. The maximum Gasteiger partial charge on any atom is 0.308 e. The van der Waals surface area contributed by atoms with Gasteiger partial charge in [0.1, 0.15) is 5.75 Å². The molecule has 1 atom stereocenters. The lowest BCUT2D eigenvalue weighted by Crippen LogP contribution is -2.25. The number of carboxylic acids is 1. The molecule has 1 unspecified atom stereocenters. The van der Waals surface area contributed by atoms with Gasteiger partial charge in [-0.25, -0.2) is 0 Å². The van der Waals surface area contributed by atoms with Crippen LogP contribution in [0.5, 0.6) is 5.75 Å². The molecule has 0 bridgehead atoms. The van der Waals surface area contributed by atoms with Crippen LogP contribution in [0.25, 0.3) is 0 Å². The zero-order valence-electron chi connectivity index (χ0n) is 8.76. The quantitative estimate of drug-likeness (QED) is 0.869. The summed E-state index contributed by atoms with van der Waals surface area (Å²) < 4.78 is 0.695. The number of nitrogens with zero attached hydrogens (tertiary/aromatic N) is 1. The Morgan fingerprint density at radius 1 is 1.47 bits per heavy atom. The second-order valence-electron chi connectivity index (χ2n) is 3.88. The zero-order chi connectivity index (χ0) is 12.6. The molecule has 17 heavy (non-hydrogen) atoms. The molecule has 1 fully saturated rings. The maximum atomic E-state index is 11.7. The van der Waals surface area contributed by atoms with E-state index in [1.54, 1.807) is 12.1 Å². The van der Waals surface area contributed by atoms with Gasteiger partial charge in [-0.1, -0.05) is 15.9 Å². The summed E-state index contributed by atoms with van der Waals surface area (Å²) in [5.74, 6) is -2.02. The van der Waals surface area contributed by atoms with Gasteiger partial charge in [-0.3, -0.25) is 9.59 Å². The first-order valence-electron chi connectivity index (χ1n) is 5.00. The summed E-state index contributed by atoms with van der Waals surface area (Å²) in [6.45, 7) is 0.101. The minimum atomic E-state index is -0.988. The molecule has 1 aliphatic heterocycles. The SMILES string of the molecule is O=C(O)C1CC(=O)N(c2ccc(Br)cc2O)C1. The van der Waals surface area contributed by atoms with E-state index in [1.165, 1.54) is 11.0 Å². The summed E-state index contributed by atoms with van der Waals surface area (Å²) in [4.78, 5) is 23.8. The highest BCUT2D eigenvalue weighted by atomic mass is 79.9. The zero-order valence-corrected chi connectivity index (χ0v) is 10.3. The van der Waals surface area contributed by atoms with Gasteiger partial charge < -0.3 is 15.1 Å². The van der Waals surface area contributed by atoms with Gasteiger partial charge >= 0.3 is 5.97 Å². The number of rotatable bonds is 2. The van der Waals surface area contributed by atoms with Gasteiger partial charge in [0.15, 0.2) is 0 Å². The van der Waals surface area contributed by atoms with E-state index in [-0.39, 0.29) is 24.6 Å². The van der Waals surface area contributed by atoms with Gasteiger partial charge in [-0.2, -0.15) is 0 Å². The first-order chi connectivity index (χ1) is 7.99. The number of carbonyl (C=O) groups excluding carboxylic acids is 1. The van der Waals surface area contributed by atoms with Crippen LogP contribution in [0.4, 0.5) is 5.69 Å². The second kappa shape index (κ2) is 4.37. The van der Waals surface area contributed by atoms with Crippen molar-refractivity contribution in [1.82, 2.24) is 0 Å². The minimum Gasteiger partial charge on any atom is -0.506 e. The second-order valence-corrected chi connectivity index (χ2v) is 4.79. The molecule has 0 saturated carbocycles. The number of halogens is 1. The third kappa shape index (κ3) is 2.26. The first kappa shape index (κ1) is 11.9. The number of amides is 1. The van der Waals surface area contributed by atoms with Crippen molar-refractivity contribution in [1.29, 1.82) is 0 Å². The number of benzene rings is 1. The number of phenols is 1. The van der Waals surface area contributed by atoms with Crippen LogP contribution in [0.3, 0.4) is 0 Å². The van der Waals surface area contributed by atoms with E-state index in [1.807, 2.05) is 0 Å². The number of anilines is 1. The average Bonchev–Trinajstić information content (AvgIpc) is 2.61. The normalized spacial score (nSPS) is 19.7. The molecule has 1 aromatic carbocycles. The van der Waals surface area contributed by atoms with E-state index in [2.05, 4.69) is 15.9 Å². The van der Waals surface area contributed by atoms with Crippen molar-refractivity contribution in [3.63, 3.8) is 0 Å². The Labute approximate surface area is 106 Å². The number of aromatic hydroxyl groups is 1. The van der Waals surface area contributed by atoms with Crippen molar-refractivity contribution in [2.75, 3.05) is 11.4 Å². The molecular formula is C11H10BrNO4. The monoisotopic (exact) mass is 299 g/mol. The fourth-order valence-corrected chi connectivity index (χ4v) is 2.18. The summed E-state index contributed by atoms with van der Waals surface area (Å²) in [7, 11) is 0. The number of aliphatic carboxylic acids is 1. The Hall–Kier alpha value is -1.56. The molecule has 1 saturated heterocycles. The van der Waals surface area contributed by atoms with Gasteiger partial charge in [-0.05, 0) is 18.2 Å². The minimum absolute atomic E-state index is 0.0230. The third-order valence-corrected chi connectivity index (χ3v) is 3.20. The van der Waals surface area contributed by atoms with Gasteiger partial charge in [0.25, 0.3) is 0 Å². The van der Waals surface area contributed by atoms with Gasteiger partial charge in [0, 0.05) is 17.4 Å². The smallest absolute Gasteiger partial charge is 0.308 e. The van der Waals surface area contributed by atoms with Crippen LogP contribution in [0.2, 0.25) is 0 Å². The van der Waals surface area contributed by atoms with Crippen molar-refractivity contribution >= 4 is 33.5 Å². The summed E-state index contributed by atoms with van der Waals surface area (Å²) in [5, 5.41) is 18.6. The van der Waals surface area contributed by atoms with E-state index in [0.29, 0.717) is 10.2 Å². The maximum absolute atomic E-state index is 11.7. The molecule has 5 nitrogen and oxygen atoms in total. The van der Waals surface area contributed by atoms with Crippen molar-refractivity contribution in [2.45, 2.75) is 6.42 Å². The van der Waals surface area contributed by atoms with Crippen LogP contribution in [0, 0.1) is 5.92 Å². The summed E-state index contributed by atoms with van der Waals surface area (Å²) in [6, 6.07) is 4.74. The lowest BCUT2D eigenvalue weighted by Gasteiger charge is -2.17. The Bertz CT molecular complexity index is 488. The third-order valence-electron chi connectivity index (χ3n) is 2.70. The predicted molar refractivity (Wildman–Crippen MR) is 63.9 cm³/mol. The standard InChI is InChI=1S/C11H10BrNO4/c12-7-1-2-8(9(14)4-7)13-5-6(11(16)17)3-10(13)15/h1-2,4,6,14H,3,5H2,(H,16,17). The van der Waals surface area contributed by atoms with Crippen molar-refractivity contribution in [2.24, 2.45) is 5.92 Å². The lowest BCUT2D eigenvalue weighted by molar-refractivity contribution is -0.141. The van der Waals surface area contributed by atoms with Crippen LogP contribution in [-0.4, -0.2) is 28.6 Å². The van der Waals surface area contributed by atoms with Crippen LogP contribution in [-0.2, 0) is 9.59 Å². The van der Waals surface area contributed by atoms with Crippen molar-refractivity contribution < 1.29 is 19.8 Å². The number of hydrogen-bond donors (Lipinski definition) is 2. The average molecular weight is 300 g/mol. The first-order valence-corrected chi connectivity index (χ1v) is 5.80. The molecule has 2 N–H and O–H groups in total. The van der Waals surface area contributed by atoms with E-state index in [4.69, 9.17) is 5.11 Å². The molecule has 0 aromatic heterocycles.